The Morgan fingerprint density at radius 1 is 1.13 bits per heavy atom. The largest absolute Gasteiger partial charge is 0.355 e. The highest BCUT2D eigenvalue weighted by Gasteiger charge is 2.35. The van der Waals surface area contributed by atoms with Crippen LogP contribution >= 0.6 is 0 Å². The summed E-state index contributed by atoms with van der Waals surface area (Å²) in [5.74, 6) is 1.17. The zero-order valence-electron chi connectivity index (χ0n) is 13.6. The van der Waals surface area contributed by atoms with Crippen LogP contribution in [0.2, 0.25) is 0 Å². The van der Waals surface area contributed by atoms with Crippen molar-refractivity contribution < 1.29 is 12.8 Å². The number of rotatable bonds is 1. The zero-order valence-corrected chi connectivity index (χ0v) is 14.4. The molecule has 0 N–H and O–H groups in total. The maximum absolute atomic E-state index is 13.1. The summed E-state index contributed by atoms with van der Waals surface area (Å²) >= 11 is 0. The SMILES string of the molecule is CC1=C(c2ccc(F)cc2)S(=O)(=O)N=C1N1C[C@@H](C)C[C@H](C)C1. The maximum atomic E-state index is 13.1. The van der Waals surface area contributed by atoms with Crippen molar-refractivity contribution in [2.75, 3.05) is 13.1 Å². The van der Waals surface area contributed by atoms with E-state index in [1.54, 1.807) is 6.92 Å². The lowest BCUT2D eigenvalue weighted by Gasteiger charge is -2.36. The van der Waals surface area contributed by atoms with Crippen LogP contribution in [0, 0.1) is 17.7 Å². The third-order valence-corrected chi connectivity index (χ3v) is 5.89. The number of nitrogens with zero attached hydrogens (tertiary/aromatic N) is 2. The van der Waals surface area contributed by atoms with Gasteiger partial charge in [-0.25, -0.2) is 4.39 Å². The topological polar surface area (TPSA) is 49.7 Å². The van der Waals surface area contributed by atoms with Gasteiger partial charge >= 0.3 is 0 Å². The third-order valence-electron chi connectivity index (χ3n) is 4.42. The number of sulfonamides is 1. The van der Waals surface area contributed by atoms with Gasteiger partial charge in [0.1, 0.15) is 16.6 Å². The maximum Gasteiger partial charge on any atom is 0.285 e. The zero-order chi connectivity index (χ0) is 16.8. The summed E-state index contributed by atoms with van der Waals surface area (Å²) in [6, 6.07) is 5.53. The highest BCUT2D eigenvalue weighted by Crippen LogP contribution is 2.35. The minimum absolute atomic E-state index is 0.193. The molecule has 1 fully saturated rings. The van der Waals surface area contributed by atoms with Crippen molar-refractivity contribution in [1.29, 1.82) is 0 Å². The van der Waals surface area contributed by atoms with Gasteiger partial charge in [-0.1, -0.05) is 26.0 Å². The molecule has 0 radical (unpaired) electrons. The molecule has 0 bridgehead atoms. The molecule has 1 aromatic carbocycles. The summed E-state index contributed by atoms with van der Waals surface area (Å²) < 4.78 is 42.2. The van der Waals surface area contributed by atoms with Gasteiger partial charge in [-0.05, 0) is 42.9 Å². The molecule has 2 aliphatic rings. The Morgan fingerprint density at radius 3 is 2.26 bits per heavy atom. The number of hydrogen-bond donors (Lipinski definition) is 0. The van der Waals surface area contributed by atoms with Crippen LogP contribution in [0.5, 0.6) is 0 Å². The van der Waals surface area contributed by atoms with Crippen LogP contribution in [0.15, 0.2) is 34.2 Å². The molecular weight excluding hydrogens is 315 g/mol. The second-order valence-corrected chi connectivity index (χ2v) is 8.24. The van der Waals surface area contributed by atoms with Gasteiger partial charge in [0, 0.05) is 18.7 Å². The van der Waals surface area contributed by atoms with Crippen LogP contribution in [0.4, 0.5) is 4.39 Å². The summed E-state index contributed by atoms with van der Waals surface area (Å²) in [5, 5.41) is 0. The molecule has 0 aliphatic carbocycles. The minimum Gasteiger partial charge on any atom is -0.355 e. The van der Waals surface area contributed by atoms with Gasteiger partial charge in [0.15, 0.2) is 0 Å². The molecule has 1 saturated heterocycles. The third kappa shape index (κ3) is 3.04. The van der Waals surface area contributed by atoms with Gasteiger partial charge in [0.05, 0.1) is 0 Å². The molecule has 0 saturated carbocycles. The molecule has 0 amide bonds. The minimum atomic E-state index is -3.73. The van der Waals surface area contributed by atoms with Gasteiger partial charge in [0.25, 0.3) is 10.0 Å². The van der Waals surface area contributed by atoms with Crippen LogP contribution < -0.4 is 0 Å². The molecule has 0 aromatic heterocycles. The van der Waals surface area contributed by atoms with E-state index in [1.807, 2.05) is 0 Å². The van der Waals surface area contributed by atoms with E-state index in [9.17, 15) is 12.8 Å². The van der Waals surface area contributed by atoms with E-state index in [1.165, 1.54) is 24.3 Å². The Bertz CT molecular complexity index is 771. The van der Waals surface area contributed by atoms with Crippen LogP contribution in [0.3, 0.4) is 0 Å². The molecular formula is C17H21FN2O2S. The summed E-state index contributed by atoms with van der Waals surface area (Å²) in [6.45, 7) is 7.75. The van der Waals surface area contributed by atoms with E-state index >= 15 is 0 Å². The average Bonchev–Trinajstić information content (AvgIpc) is 2.69. The van der Waals surface area contributed by atoms with Crippen LogP contribution in [0.1, 0.15) is 32.8 Å². The fourth-order valence-corrected chi connectivity index (χ4v) is 5.10. The van der Waals surface area contributed by atoms with Gasteiger partial charge in [-0.3, -0.25) is 0 Å². The highest BCUT2D eigenvalue weighted by atomic mass is 32.2. The Balaban J connectivity index is 2.01. The Hall–Kier alpha value is -1.69. The standard InChI is InChI=1S/C17H21FN2O2S/c1-11-8-12(2)10-20(9-11)17-13(3)16(23(21,22)19-17)14-4-6-15(18)7-5-14/h4-7,11-12H,8-10H2,1-3H3/t11-,12-/m0/s1. The first-order chi connectivity index (χ1) is 10.8. The molecule has 1 aromatic rings. The van der Waals surface area contributed by atoms with E-state index in [-0.39, 0.29) is 10.7 Å². The van der Waals surface area contributed by atoms with E-state index in [4.69, 9.17) is 0 Å². The Morgan fingerprint density at radius 2 is 1.70 bits per heavy atom. The van der Waals surface area contributed by atoms with E-state index in [0.717, 1.165) is 19.5 Å². The Labute approximate surface area is 136 Å². The smallest absolute Gasteiger partial charge is 0.285 e. The van der Waals surface area contributed by atoms with Crippen LogP contribution in [-0.2, 0) is 10.0 Å². The van der Waals surface area contributed by atoms with Gasteiger partial charge < -0.3 is 4.90 Å². The number of hydrogen-bond acceptors (Lipinski definition) is 3. The molecule has 6 heteroatoms. The van der Waals surface area contributed by atoms with Gasteiger partial charge in [0.2, 0.25) is 0 Å². The van der Waals surface area contributed by atoms with Crippen molar-refractivity contribution >= 4 is 20.8 Å². The molecule has 23 heavy (non-hydrogen) atoms. The van der Waals surface area contributed by atoms with Crippen molar-refractivity contribution in [3.8, 4) is 0 Å². The first-order valence-electron chi connectivity index (χ1n) is 7.85. The van der Waals surface area contributed by atoms with Crippen molar-refractivity contribution in [3.05, 3.63) is 41.2 Å². The van der Waals surface area contributed by atoms with Crippen molar-refractivity contribution in [2.24, 2.45) is 16.2 Å². The lowest BCUT2D eigenvalue weighted by Crippen LogP contribution is -2.42. The monoisotopic (exact) mass is 336 g/mol. The average molecular weight is 336 g/mol. The molecule has 0 unspecified atom stereocenters. The normalized spacial score (nSPS) is 27.3. The predicted octanol–water partition coefficient (Wildman–Crippen LogP) is 3.28. The van der Waals surface area contributed by atoms with Crippen LogP contribution in [0.25, 0.3) is 4.91 Å². The molecule has 4 nitrogen and oxygen atoms in total. The van der Waals surface area contributed by atoms with E-state index < -0.39 is 10.0 Å². The van der Waals surface area contributed by atoms with Crippen molar-refractivity contribution in [2.45, 2.75) is 27.2 Å². The Kier molecular flexibility index (Phi) is 4.04. The summed E-state index contributed by atoms with van der Waals surface area (Å²) in [7, 11) is -3.73. The summed E-state index contributed by atoms with van der Waals surface area (Å²) in [5.41, 5.74) is 1.14. The predicted molar refractivity (Wildman–Crippen MR) is 89.9 cm³/mol. The van der Waals surface area contributed by atoms with Crippen molar-refractivity contribution in [3.63, 3.8) is 0 Å². The lowest BCUT2D eigenvalue weighted by molar-refractivity contribution is 0.214. The second-order valence-electron chi connectivity index (χ2n) is 6.70. The number of piperidine rings is 1. The van der Waals surface area contributed by atoms with E-state index in [0.29, 0.717) is 28.8 Å². The quantitative estimate of drug-likeness (QED) is 0.791. The van der Waals surface area contributed by atoms with Crippen LogP contribution in [-0.4, -0.2) is 32.2 Å². The second kappa shape index (κ2) is 5.74. The van der Waals surface area contributed by atoms with E-state index in [2.05, 4.69) is 23.1 Å². The lowest BCUT2D eigenvalue weighted by atomic mass is 9.91. The molecule has 3 rings (SSSR count). The molecule has 2 aliphatic heterocycles. The first kappa shape index (κ1) is 16.2. The number of amidine groups is 1. The van der Waals surface area contributed by atoms with Gasteiger partial charge in [-0.2, -0.15) is 8.42 Å². The van der Waals surface area contributed by atoms with Gasteiger partial charge in [-0.15, -0.1) is 4.40 Å². The fraction of sp³-hybridized carbons (Fsp3) is 0.471. The first-order valence-corrected chi connectivity index (χ1v) is 9.29. The fourth-order valence-electron chi connectivity index (χ4n) is 3.62. The number of benzene rings is 1. The molecule has 124 valence electrons. The highest BCUT2D eigenvalue weighted by molar-refractivity contribution is 8.00. The summed E-state index contributed by atoms with van der Waals surface area (Å²) in [6.07, 6.45) is 1.14. The molecule has 2 heterocycles. The number of likely N-dealkylation sites (tertiary alicyclic amines) is 1. The molecule has 2 atom stereocenters. The summed E-state index contributed by atoms with van der Waals surface area (Å²) in [4.78, 5) is 2.26. The molecule has 0 spiro atoms. The number of halogens is 1. The van der Waals surface area contributed by atoms with Crippen molar-refractivity contribution in [1.82, 2.24) is 4.90 Å².